The first kappa shape index (κ1) is 13.6. The van der Waals surface area contributed by atoms with Crippen molar-refractivity contribution in [1.82, 2.24) is 0 Å². The van der Waals surface area contributed by atoms with Gasteiger partial charge in [0.2, 0.25) is 0 Å². The molecule has 0 amide bonds. The third-order valence-electron chi connectivity index (χ3n) is 3.27. The highest BCUT2D eigenvalue weighted by atomic mass is 15.3. The lowest BCUT2D eigenvalue weighted by atomic mass is 10.2. The van der Waals surface area contributed by atoms with Gasteiger partial charge in [-0.1, -0.05) is 48.5 Å². The average molecular weight is 255 g/mol. The molecule has 2 aromatic carbocycles. The zero-order valence-corrected chi connectivity index (χ0v) is 11.8. The Kier molecular flexibility index (Phi) is 4.58. The summed E-state index contributed by atoms with van der Waals surface area (Å²) in [6.45, 7) is 3.16. The van der Waals surface area contributed by atoms with E-state index in [1.165, 1.54) is 11.3 Å². The van der Waals surface area contributed by atoms with Crippen LogP contribution >= 0.6 is 0 Å². The van der Waals surface area contributed by atoms with Crippen LogP contribution in [0.5, 0.6) is 0 Å². The van der Waals surface area contributed by atoms with E-state index >= 15 is 0 Å². The quantitative estimate of drug-likeness (QED) is 0.780. The minimum Gasteiger partial charge on any atom is -0.379 e. The van der Waals surface area contributed by atoms with Crippen LogP contribution in [-0.2, 0) is 6.54 Å². The third-order valence-corrected chi connectivity index (χ3v) is 3.27. The molecule has 2 nitrogen and oxygen atoms in total. The zero-order valence-electron chi connectivity index (χ0n) is 11.8. The summed E-state index contributed by atoms with van der Waals surface area (Å²) in [5, 5.41) is 3.47. The van der Waals surface area contributed by atoms with E-state index in [9.17, 15) is 0 Å². The summed E-state index contributed by atoms with van der Waals surface area (Å²) >= 11 is 0. The van der Waals surface area contributed by atoms with E-state index in [1.54, 1.807) is 0 Å². The molecule has 0 aromatic heterocycles. The fourth-order valence-corrected chi connectivity index (χ4v) is 2.22. The molecule has 0 saturated heterocycles. The van der Waals surface area contributed by atoms with Crippen molar-refractivity contribution in [2.24, 2.45) is 0 Å². The summed E-state index contributed by atoms with van der Waals surface area (Å²) in [6.07, 6.45) is 0. The van der Waals surface area contributed by atoms with Crippen molar-refractivity contribution >= 4 is 5.69 Å². The zero-order chi connectivity index (χ0) is 13.6. The Morgan fingerprint density at radius 2 is 1.42 bits per heavy atom. The highest BCUT2D eigenvalue weighted by Crippen LogP contribution is 2.09. The number of hydrogen-bond acceptors (Lipinski definition) is 1. The number of likely N-dealkylation sites (N-methyl/N-ethyl adjacent to an activating group) is 1. The van der Waals surface area contributed by atoms with Crippen LogP contribution in [0.3, 0.4) is 0 Å². The van der Waals surface area contributed by atoms with Gasteiger partial charge in [0.25, 0.3) is 0 Å². The second kappa shape index (κ2) is 6.39. The smallest absolute Gasteiger partial charge is 0.104 e. The van der Waals surface area contributed by atoms with E-state index in [-0.39, 0.29) is 0 Å². The van der Waals surface area contributed by atoms with Crippen LogP contribution < -0.4 is 5.32 Å². The van der Waals surface area contributed by atoms with Gasteiger partial charge in [0.05, 0.1) is 27.2 Å². The number of quaternary nitrogens is 1. The van der Waals surface area contributed by atoms with E-state index < -0.39 is 0 Å². The van der Waals surface area contributed by atoms with Crippen LogP contribution in [0, 0.1) is 0 Å². The van der Waals surface area contributed by atoms with Crippen molar-refractivity contribution in [1.29, 1.82) is 0 Å². The van der Waals surface area contributed by atoms with Crippen LogP contribution in [0.25, 0.3) is 0 Å². The molecule has 0 spiro atoms. The predicted molar refractivity (Wildman–Crippen MR) is 82.1 cm³/mol. The summed E-state index contributed by atoms with van der Waals surface area (Å²) in [4.78, 5) is 0. The maximum absolute atomic E-state index is 3.47. The van der Waals surface area contributed by atoms with Crippen molar-refractivity contribution in [2.75, 3.05) is 32.5 Å². The molecule has 0 heterocycles. The van der Waals surface area contributed by atoms with Gasteiger partial charge in [-0.05, 0) is 12.1 Å². The molecule has 0 bridgehead atoms. The van der Waals surface area contributed by atoms with E-state index in [2.05, 4.69) is 74.0 Å². The van der Waals surface area contributed by atoms with E-state index in [0.29, 0.717) is 0 Å². The highest BCUT2D eigenvalue weighted by molar-refractivity contribution is 5.42. The number of para-hydroxylation sites is 1. The maximum atomic E-state index is 3.47. The molecule has 0 radical (unpaired) electrons. The molecule has 0 atom stereocenters. The number of anilines is 1. The van der Waals surface area contributed by atoms with E-state index in [4.69, 9.17) is 0 Å². The van der Waals surface area contributed by atoms with E-state index in [0.717, 1.165) is 24.1 Å². The van der Waals surface area contributed by atoms with E-state index in [1.807, 2.05) is 6.07 Å². The summed E-state index contributed by atoms with van der Waals surface area (Å²) in [6, 6.07) is 21.1. The van der Waals surface area contributed by atoms with Gasteiger partial charge in [-0.2, -0.15) is 0 Å². The predicted octanol–water partition coefficient (Wildman–Crippen LogP) is 3.38. The summed E-state index contributed by atoms with van der Waals surface area (Å²) in [5.41, 5.74) is 2.59. The van der Waals surface area contributed by atoms with Crippen LogP contribution in [-0.4, -0.2) is 31.7 Å². The summed E-state index contributed by atoms with van der Waals surface area (Å²) in [7, 11) is 4.55. The Morgan fingerprint density at radius 1 is 0.842 bits per heavy atom. The Bertz CT molecular complexity index is 477. The first-order valence-corrected chi connectivity index (χ1v) is 6.81. The van der Waals surface area contributed by atoms with Crippen LogP contribution in [0.2, 0.25) is 0 Å². The molecule has 0 unspecified atom stereocenters. The molecule has 2 rings (SSSR count). The van der Waals surface area contributed by atoms with Crippen LogP contribution in [0.4, 0.5) is 5.69 Å². The first-order chi connectivity index (χ1) is 9.16. The van der Waals surface area contributed by atoms with Gasteiger partial charge in [0.1, 0.15) is 6.54 Å². The number of benzene rings is 2. The van der Waals surface area contributed by atoms with Gasteiger partial charge in [0, 0.05) is 11.3 Å². The molecular weight excluding hydrogens is 232 g/mol. The number of hydrogen-bond donors (Lipinski definition) is 1. The van der Waals surface area contributed by atoms with Gasteiger partial charge in [0.15, 0.2) is 0 Å². The monoisotopic (exact) mass is 255 g/mol. The lowest BCUT2D eigenvalue weighted by molar-refractivity contribution is -0.902. The summed E-state index contributed by atoms with van der Waals surface area (Å²) in [5.74, 6) is 0. The molecule has 0 aliphatic carbocycles. The normalized spacial score (nSPS) is 11.3. The Hall–Kier alpha value is -1.80. The Labute approximate surface area is 116 Å². The SMILES string of the molecule is C[N+](C)(CCNc1ccccc1)Cc1ccccc1. The molecule has 1 N–H and O–H groups in total. The molecule has 0 fully saturated rings. The minimum atomic E-state index is 0.990. The first-order valence-electron chi connectivity index (χ1n) is 6.81. The topological polar surface area (TPSA) is 12.0 Å². The molecule has 0 aliphatic rings. The second-order valence-electron chi connectivity index (χ2n) is 5.60. The minimum absolute atomic E-state index is 0.990. The molecule has 19 heavy (non-hydrogen) atoms. The van der Waals surface area contributed by atoms with Crippen molar-refractivity contribution < 1.29 is 4.48 Å². The van der Waals surface area contributed by atoms with Gasteiger partial charge in [-0.15, -0.1) is 0 Å². The standard InChI is InChI=1S/C17H23N2/c1-19(2,15-16-9-5-3-6-10-16)14-13-18-17-11-7-4-8-12-17/h3-12,18H,13-15H2,1-2H3/q+1. The van der Waals surface area contributed by atoms with Crippen molar-refractivity contribution in [2.45, 2.75) is 6.54 Å². The maximum Gasteiger partial charge on any atom is 0.104 e. The fourth-order valence-electron chi connectivity index (χ4n) is 2.22. The number of nitrogens with one attached hydrogen (secondary N) is 1. The number of rotatable bonds is 6. The molecular formula is C17H23N2+. The van der Waals surface area contributed by atoms with Gasteiger partial charge >= 0.3 is 0 Å². The average Bonchev–Trinajstić information content (AvgIpc) is 2.40. The molecule has 0 aliphatic heterocycles. The molecule has 100 valence electrons. The van der Waals surface area contributed by atoms with Gasteiger partial charge in [-0.25, -0.2) is 0 Å². The van der Waals surface area contributed by atoms with Gasteiger partial charge < -0.3 is 9.80 Å². The summed E-state index contributed by atoms with van der Waals surface area (Å²) < 4.78 is 0.990. The molecule has 2 heteroatoms. The van der Waals surface area contributed by atoms with Crippen molar-refractivity contribution in [3.63, 3.8) is 0 Å². The van der Waals surface area contributed by atoms with Crippen molar-refractivity contribution in [3.05, 3.63) is 66.2 Å². The third kappa shape index (κ3) is 4.76. The largest absolute Gasteiger partial charge is 0.379 e. The fraction of sp³-hybridized carbons (Fsp3) is 0.294. The molecule has 0 saturated carbocycles. The lowest BCUT2D eigenvalue weighted by Crippen LogP contribution is -2.42. The van der Waals surface area contributed by atoms with Crippen molar-refractivity contribution in [3.8, 4) is 0 Å². The number of nitrogens with zero attached hydrogens (tertiary/aromatic N) is 1. The molecule has 2 aromatic rings. The highest BCUT2D eigenvalue weighted by Gasteiger charge is 2.14. The van der Waals surface area contributed by atoms with Crippen LogP contribution in [0.15, 0.2) is 60.7 Å². The Balaban J connectivity index is 1.81. The Morgan fingerprint density at radius 3 is 2.05 bits per heavy atom. The second-order valence-corrected chi connectivity index (χ2v) is 5.60. The van der Waals surface area contributed by atoms with Gasteiger partial charge in [-0.3, -0.25) is 0 Å². The van der Waals surface area contributed by atoms with Crippen LogP contribution in [0.1, 0.15) is 5.56 Å². The lowest BCUT2D eigenvalue weighted by Gasteiger charge is -2.30.